The molecular weight excluding hydrogens is 374 g/mol. The van der Waals surface area contributed by atoms with Gasteiger partial charge in [0.2, 0.25) is 0 Å². The first-order valence-electron chi connectivity index (χ1n) is 7.60. The summed E-state index contributed by atoms with van der Waals surface area (Å²) in [6.07, 6.45) is 0.520. The average molecular weight is 391 g/mol. The first kappa shape index (κ1) is 18.1. The molecule has 0 saturated heterocycles. The molecule has 1 amide bonds. The number of thiazole rings is 1. The van der Waals surface area contributed by atoms with Gasteiger partial charge in [-0.25, -0.2) is 4.98 Å². The van der Waals surface area contributed by atoms with Gasteiger partial charge in [0.25, 0.3) is 5.91 Å². The van der Waals surface area contributed by atoms with Gasteiger partial charge >= 0.3 is 0 Å². The minimum atomic E-state index is -0.273. The van der Waals surface area contributed by atoms with Gasteiger partial charge in [-0.15, -0.1) is 11.3 Å². The van der Waals surface area contributed by atoms with Crippen molar-refractivity contribution in [2.75, 3.05) is 19.5 Å². The van der Waals surface area contributed by atoms with E-state index in [9.17, 15) is 4.79 Å². The van der Waals surface area contributed by atoms with Crippen LogP contribution in [0.3, 0.4) is 0 Å². The van der Waals surface area contributed by atoms with E-state index in [1.807, 2.05) is 12.4 Å². The summed E-state index contributed by atoms with van der Waals surface area (Å²) < 4.78 is 12.7. The van der Waals surface area contributed by atoms with Crippen LogP contribution in [0, 0.1) is 4.77 Å². The van der Waals surface area contributed by atoms with Crippen LogP contribution in [-0.2, 0) is 13.5 Å². The number of aromatic nitrogens is 4. The van der Waals surface area contributed by atoms with Gasteiger partial charge < -0.3 is 14.0 Å². The van der Waals surface area contributed by atoms with Crippen molar-refractivity contribution >= 4 is 34.6 Å². The van der Waals surface area contributed by atoms with Gasteiger partial charge in [0, 0.05) is 18.0 Å². The van der Waals surface area contributed by atoms with Gasteiger partial charge in [0.05, 0.1) is 26.3 Å². The third-order valence-electron chi connectivity index (χ3n) is 3.73. The Morgan fingerprint density at radius 1 is 1.35 bits per heavy atom. The van der Waals surface area contributed by atoms with Crippen LogP contribution in [0.4, 0.5) is 5.13 Å². The fourth-order valence-corrected chi connectivity index (χ4v) is 3.15. The van der Waals surface area contributed by atoms with Crippen LogP contribution in [0.2, 0.25) is 0 Å². The van der Waals surface area contributed by atoms with E-state index in [2.05, 4.69) is 20.5 Å². The lowest BCUT2D eigenvalue weighted by atomic mass is 10.2. The second-order valence-electron chi connectivity index (χ2n) is 5.35. The lowest BCUT2D eigenvalue weighted by Gasteiger charge is -2.09. The molecule has 2 N–H and O–H groups in total. The van der Waals surface area contributed by atoms with Crippen LogP contribution in [0.25, 0.3) is 0 Å². The number of nitrogens with zero attached hydrogens (tertiary/aromatic N) is 3. The number of carbonyl (C=O) groups is 1. The maximum absolute atomic E-state index is 12.4. The number of rotatable bonds is 6. The quantitative estimate of drug-likeness (QED) is 0.628. The Balaban J connectivity index is 1.71. The number of anilines is 1. The summed E-state index contributed by atoms with van der Waals surface area (Å²) in [7, 11) is 4.91. The zero-order valence-electron chi connectivity index (χ0n) is 14.4. The van der Waals surface area contributed by atoms with E-state index in [1.165, 1.54) is 18.4 Å². The molecule has 136 valence electrons. The van der Waals surface area contributed by atoms with Crippen molar-refractivity contribution in [3.63, 3.8) is 0 Å². The standard InChI is InChI=1S/C16H17N5O3S2/c1-21-13(19-20-16(21)25)7-10-8-26-15(17-10)18-14(22)9-4-5-11(23-2)12(6-9)24-3/h4-6,8H,7H2,1-3H3,(H,20,25)(H,17,18,22). The molecule has 0 saturated carbocycles. The number of nitrogens with one attached hydrogen (secondary N) is 2. The largest absolute Gasteiger partial charge is 0.493 e. The zero-order chi connectivity index (χ0) is 18.7. The second-order valence-corrected chi connectivity index (χ2v) is 6.59. The van der Waals surface area contributed by atoms with E-state index in [0.29, 0.717) is 33.4 Å². The Morgan fingerprint density at radius 2 is 2.12 bits per heavy atom. The van der Waals surface area contributed by atoms with Gasteiger partial charge in [-0.2, -0.15) is 5.10 Å². The molecule has 10 heteroatoms. The predicted octanol–water partition coefficient (Wildman–Crippen LogP) is 2.79. The van der Waals surface area contributed by atoms with Crippen molar-refractivity contribution in [2.45, 2.75) is 6.42 Å². The normalized spacial score (nSPS) is 10.6. The van der Waals surface area contributed by atoms with Gasteiger partial charge in [-0.05, 0) is 30.4 Å². The van der Waals surface area contributed by atoms with Gasteiger partial charge in [-0.1, -0.05) is 0 Å². The van der Waals surface area contributed by atoms with Crippen molar-refractivity contribution in [2.24, 2.45) is 7.05 Å². The van der Waals surface area contributed by atoms with Gasteiger partial charge in [0.1, 0.15) is 5.82 Å². The highest BCUT2D eigenvalue weighted by Gasteiger charge is 2.13. The molecule has 0 aliphatic carbocycles. The zero-order valence-corrected chi connectivity index (χ0v) is 16.0. The third kappa shape index (κ3) is 3.75. The molecular formula is C16H17N5O3S2. The lowest BCUT2D eigenvalue weighted by Crippen LogP contribution is -2.12. The fraction of sp³-hybridized carbons (Fsp3) is 0.250. The Labute approximate surface area is 158 Å². The summed E-state index contributed by atoms with van der Waals surface area (Å²) in [5.74, 6) is 1.56. The first-order valence-corrected chi connectivity index (χ1v) is 8.88. The molecule has 3 aromatic rings. The minimum Gasteiger partial charge on any atom is -0.493 e. The van der Waals surface area contributed by atoms with Crippen molar-refractivity contribution in [3.05, 3.63) is 45.4 Å². The summed E-state index contributed by atoms with van der Waals surface area (Å²) in [6, 6.07) is 4.97. The van der Waals surface area contributed by atoms with Gasteiger partial charge in [0.15, 0.2) is 21.4 Å². The first-order chi connectivity index (χ1) is 12.5. The number of carbonyl (C=O) groups excluding carboxylic acids is 1. The number of ether oxygens (including phenoxy) is 2. The van der Waals surface area contributed by atoms with E-state index in [1.54, 1.807) is 29.9 Å². The molecule has 3 rings (SSSR count). The molecule has 0 atom stereocenters. The van der Waals surface area contributed by atoms with E-state index in [-0.39, 0.29) is 5.91 Å². The Bertz CT molecular complexity index is 992. The number of benzene rings is 1. The second kappa shape index (κ2) is 7.67. The maximum atomic E-state index is 12.4. The van der Waals surface area contributed by atoms with Crippen molar-refractivity contribution in [1.29, 1.82) is 0 Å². The average Bonchev–Trinajstić information content (AvgIpc) is 3.22. The Morgan fingerprint density at radius 3 is 2.77 bits per heavy atom. The number of aromatic amines is 1. The van der Waals surface area contributed by atoms with Gasteiger partial charge in [-0.3, -0.25) is 15.2 Å². The van der Waals surface area contributed by atoms with E-state index in [4.69, 9.17) is 21.7 Å². The number of H-pyrrole nitrogens is 1. The number of methoxy groups -OCH3 is 2. The molecule has 2 heterocycles. The maximum Gasteiger partial charge on any atom is 0.257 e. The highest BCUT2D eigenvalue weighted by molar-refractivity contribution is 7.71. The minimum absolute atomic E-state index is 0.273. The van der Waals surface area contributed by atoms with E-state index >= 15 is 0 Å². The van der Waals surface area contributed by atoms with Crippen LogP contribution in [0.1, 0.15) is 21.9 Å². The smallest absolute Gasteiger partial charge is 0.257 e. The monoisotopic (exact) mass is 391 g/mol. The van der Waals surface area contributed by atoms with Crippen LogP contribution in [0.5, 0.6) is 11.5 Å². The number of hydrogen-bond acceptors (Lipinski definition) is 7. The summed E-state index contributed by atoms with van der Waals surface area (Å²) in [5.41, 5.74) is 1.25. The predicted molar refractivity (Wildman–Crippen MR) is 101 cm³/mol. The van der Waals surface area contributed by atoms with Crippen LogP contribution >= 0.6 is 23.6 Å². The molecule has 26 heavy (non-hydrogen) atoms. The summed E-state index contributed by atoms with van der Waals surface area (Å²) in [5, 5.41) is 12.1. The molecule has 0 unspecified atom stereocenters. The Kier molecular flexibility index (Phi) is 5.33. The fourth-order valence-electron chi connectivity index (χ4n) is 2.29. The van der Waals surface area contributed by atoms with E-state index < -0.39 is 0 Å². The molecule has 8 nitrogen and oxygen atoms in total. The van der Waals surface area contributed by atoms with Crippen molar-refractivity contribution < 1.29 is 14.3 Å². The molecule has 2 aromatic heterocycles. The highest BCUT2D eigenvalue weighted by Crippen LogP contribution is 2.28. The topological polar surface area (TPSA) is 94.1 Å². The number of hydrogen-bond donors (Lipinski definition) is 2. The molecule has 1 aromatic carbocycles. The third-order valence-corrected chi connectivity index (χ3v) is 4.90. The van der Waals surface area contributed by atoms with E-state index in [0.717, 1.165) is 11.5 Å². The molecule has 0 spiro atoms. The SMILES string of the molecule is COc1ccc(C(=O)Nc2nc(Cc3n[nH]c(=S)n3C)cs2)cc1OC. The lowest BCUT2D eigenvalue weighted by molar-refractivity contribution is 0.102. The van der Waals surface area contributed by atoms with Crippen LogP contribution < -0.4 is 14.8 Å². The summed E-state index contributed by atoms with van der Waals surface area (Å²) in [6.45, 7) is 0. The highest BCUT2D eigenvalue weighted by atomic mass is 32.1. The molecule has 0 bridgehead atoms. The number of amides is 1. The molecule has 0 aliphatic heterocycles. The molecule has 0 radical (unpaired) electrons. The molecule has 0 fully saturated rings. The van der Waals surface area contributed by atoms with Crippen molar-refractivity contribution in [3.8, 4) is 11.5 Å². The summed E-state index contributed by atoms with van der Waals surface area (Å²) in [4.78, 5) is 16.9. The van der Waals surface area contributed by atoms with Crippen molar-refractivity contribution in [1.82, 2.24) is 19.7 Å². The van der Waals surface area contributed by atoms with Crippen LogP contribution in [0.15, 0.2) is 23.6 Å². The summed E-state index contributed by atoms with van der Waals surface area (Å²) >= 11 is 6.45. The Hall–Kier alpha value is -2.72. The van der Waals surface area contributed by atoms with Crippen LogP contribution in [-0.4, -0.2) is 39.9 Å². The molecule has 0 aliphatic rings.